The third kappa shape index (κ3) is 1.31. The van der Waals surface area contributed by atoms with E-state index in [0.29, 0.717) is 19.3 Å². The molecule has 1 heterocycles. The molecule has 0 unspecified atom stereocenters. The Morgan fingerprint density at radius 1 is 1.30 bits per heavy atom. The summed E-state index contributed by atoms with van der Waals surface area (Å²) in [6, 6.07) is 0.869. The number of rotatable bonds is 2. The van der Waals surface area contributed by atoms with E-state index >= 15 is 0 Å². The van der Waals surface area contributed by atoms with Crippen LogP contribution in [0.25, 0.3) is 0 Å². The lowest BCUT2D eigenvalue weighted by Gasteiger charge is -2.12. The second kappa shape index (κ2) is 2.49. The zero-order valence-electron chi connectivity index (χ0n) is 5.92. The van der Waals surface area contributed by atoms with Gasteiger partial charge in [-0.3, -0.25) is 0 Å². The van der Waals surface area contributed by atoms with Crippen LogP contribution in [0.1, 0.15) is 12.8 Å². The Hall–Kier alpha value is -0.120. The van der Waals surface area contributed by atoms with Crippen molar-refractivity contribution in [3.05, 3.63) is 0 Å². The van der Waals surface area contributed by atoms with E-state index in [1.807, 2.05) is 0 Å². The average molecular weight is 143 g/mol. The molecule has 58 valence electrons. The van der Waals surface area contributed by atoms with Crippen molar-refractivity contribution in [3.8, 4) is 0 Å². The lowest BCUT2D eigenvalue weighted by Crippen LogP contribution is -2.39. The lowest BCUT2D eigenvalue weighted by atomic mass is 10.2. The molecule has 0 bridgehead atoms. The molecule has 0 amide bonds. The average Bonchev–Trinajstić information content (AvgIpc) is 2.62. The summed E-state index contributed by atoms with van der Waals surface area (Å²) in [7, 11) is 0. The summed E-state index contributed by atoms with van der Waals surface area (Å²) in [5.41, 5.74) is 0. The Labute approximate surface area is 60.4 Å². The van der Waals surface area contributed by atoms with Gasteiger partial charge in [-0.15, -0.1) is 0 Å². The molecule has 0 spiro atoms. The van der Waals surface area contributed by atoms with Gasteiger partial charge < -0.3 is 15.2 Å². The van der Waals surface area contributed by atoms with Crippen LogP contribution in [0.4, 0.5) is 0 Å². The minimum Gasteiger partial charge on any atom is -0.389 e. The van der Waals surface area contributed by atoms with Crippen LogP contribution in [-0.2, 0) is 4.74 Å². The Bertz CT molecular complexity index is 125. The smallest absolute Gasteiger partial charge is 0.0948 e. The second-order valence-electron chi connectivity index (χ2n) is 3.15. The van der Waals surface area contributed by atoms with E-state index in [9.17, 15) is 5.11 Å². The van der Waals surface area contributed by atoms with E-state index in [2.05, 4.69) is 5.32 Å². The number of nitrogens with one attached hydrogen (secondary N) is 1. The maximum absolute atomic E-state index is 9.28. The normalized spacial score (nSPS) is 40.5. The first kappa shape index (κ1) is 6.58. The van der Waals surface area contributed by atoms with Gasteiger partial charge >= 0.3 is 0 Å². The standard InChI is InChI=1S/C7H13NO2/c9-7-4-10-3-6(7)8-5-1-2-5/h5-9H,1-4H2/t6-,7-/m1/s1. The van der Waals surface area contributed by atoms with Gasteiger partial charge in [0.25, 0.3) is 0 Å². The van der Waals surface area contributed by atoms with Gasteiger partial charge in [-0.25, -0.2) is 0 Å². The molecule has 1 aliphatic carbocycles. The van der Waals surface area contributed by atoms with Gasteiger partial charge in [0.05, 0.1) is 25.4 Å². The third-order valence-corrected chi connectivity index (χ3v) is 2.08. The van der Waals surface area contributed by atoms with Crippen molar-refractivity contribution < 1.29 is 9.84 Å². The second-order valence-corrected chi connectivity index (χ2v) is 3.15. The molecular weight excluding hydrogens is 130 g/mol. The van der Waals surface area contributed by atoms with Crippen LogP contribution in [0.5, 0.6) is 0 Å². The Morgan fingerprint density at radius 2 is 2.10 bits per heavy atom. The summed E-state index contributed by atoms with van der Waals surface area (Å²) in [5.74, 6) is 0. The van der Waals surface area contributed by atoms with Crippen LogP contribution in [0.15, 0.2) is 0 Å². The summed E-state index contributed by atoms with van der Waals surface area (Å²) < 4.78 is 5.09. The Morgan fingerprint density at radius 3 is 2.60 bits per heavy atom. The quantitative estimate of drug-likeness (QED) is 0.547. The number of aliphatic hydroxyl groups is 1. The first-order valence-corrected chi connectivity index (χ1v) is 3.88. The predicted molar refractivity (Wildman–Crippen MR) is 36.8 cm³/mol. The maximum Gasteiger partial charge on any atom is 0.0948 e. The van der Waals surface area contributed by atoms with E-state index in [-0.39, 0.29) is 12.1 Å². The fourth-order valence-corrected chi connectivity index (χ4v) is 1.25. The largest absolute Gasteiger partial charge is 0.389 e. The highest BCUT2D eigenvalue weighted by molar-refractivity contribution is 4.89. The molecule has 2 aliphatic rings. The van der Waals surface area contributed by atoms with Gasteiger partial charge in [0.15, 0.2) is 0 Å². The highest BCUT2D eigenvalue weighted by Gasteiger charge is 2.31. The third-order valence-electron chi connectivity index (χ3n) is 2.08. The monoisotopic (exact) mass is 143 g/mol. The molecule has 10 heavy (non-hydrogen) atoms. The molecule has 3 nitrogen and oxygen atoms in total. The van der Waals surface area contributed by atoms with Crippen LogP contribution < -0.4 is 5.32 Å². The minimum absolute atomic E-state index is 0.201. The summed E-state index contributed by atoms with van der Waals surface area (Å²) in [6.07, 6.45) is 2.26. The number of hydrogen-bond donors (Lipinski definition) is 2. The van der Waals surface area contributed by atoms with Crippen molar-refractivity contribution in [2.45, 2.75) is 31.0 Å². The van der Waals surface area contributed by atoms with Crippen LogP contribution >= 0.6 is 0 Å². The van der Waals surface area contributed by atoms with Gasteiger partial charge in [0, 0.05) is 6.04 Å². The first-order valence-electron chi connectivity index (χ1n) is 3.88. The van der Waals surface area contributed by atoms with Gasteiger partial charge in [-0.05, 0) is 12.8 Å². The number of ether oxygens (including phenoxy) is 1. The highest BCUT2D eigenvalue weighted by Crippen LogP contribution is 2.21. The molecule has 2 atom stereocenters. The molecule has 2 fully saturated rings. The van der Waals surface area contributed by atoms with Crippen molar-refractivity contribution in [2.24, 2.45) is 0 Å². The fourth-order valence-electron chi connectivity index (χ4n) is 1.25. The molecule has 2 rings (SSSR count). The van der Waals surface area contributed by atoms with E-state index in [0.717, 1.165) is 0 Å². The van der Waals surface area contributed by atoms with E-state index < -0.39 is 0 Å². The van der Waals surface area contributed by atoms with Crippen LogP contribution in [0, 0.1) is 0 Å². The molecule has 3 heteroatoms. The molecular formula is C7H13NO2. The molecule has 1 saturated heterocycles. The van der Waals surface area contributed by atoms with Crippen LogP contribution in [0.2, 0.25) is 0 Å². The molecule has 1 aliphatic heterocycles. The molecule has 0 aromatic carbocycles. The summed E-state index contributed by atoms with van der Waals surface area (Å²) in [6.45, 7) is 1.18. The van der Waals surface area contributed by atoms with Crippen molar-refractivity contribution >= 4 is 0 Å². The predicted octanol–water partition coefficient (Wildman–Crippen LogP) is -0.502. The number of hydrogen-bond acceptors (Lipinski definition) is 3. The highest BCUT2D eigenvalue weighted by atomic mass is 16.5. The van der Waals surface area contributed by atoms with Crippen LogP contribution in [-0.4, -0.2) is 36.5 Å². The molecule has 2 N–H and O–H groups in total. The fraction of sp³-hybridized carbons (Fsp3) is 1.00. The lowest BCUT2D eigenvalue weighted by molar-refractivity contribution is 0.122. The maximum atomic E-state index is 9.28. The molecule has 0 radical (unpaired) electrons. The SMILES string of the molecule is O[C@@H]1COC[C@H]1NC1CC1. The summed E-state index contributed by atoms with van der Waals surface area (Å²) in [4.78, 5) is 0. The van der Waals surface area contributed by atoms with E-state index in [1.54, 1.807) is 0 Å². The van der Waals surface area contributed by atoms with Gasteiger partial charge in [-0.2, -0.15) is 0 Å². The van der Waals surface area contributed by atoms with Crippen molar-refractivity contribution in [3.63, 3.8) is 0 Å². The molecule has 1 saturated carbocycles. The zero-order chi connectivity index (χ0) is 6.97. The summed E-state index contributed by atoms with van der Waals surface area (Å²) in [5, 5.41) is 12.6. The van der Waals surface area contributed by atoms with Gasteiger partial charge in [0.1, 0.15) is 0 Å². The zero-order valence-corrected chi connectivity index (χ0v) is 5.92. The van der Waals surface area contributed by atoms with Crippen molar-refractivity contribution in [1.29, 1.82) is 0 Å². The Kier molecular flexibility index (Phi) is 1.64. The van der Waals surface area contributed by atoms with E-state index in [4.69, 9.17) is 4.74 Å². The van der Waals surface area contributed by atoms with E-state index in [1.165, 1.54) is 12.8 Å². The first-order chi connectivity index (χ1) is 4.86. The number of aliphatic hydroxyl groups excluding tert-OH is 1. The molecule has 0 aromatic rings. The summed E-state index contributed by atoms with van der Waals surface area (Å²) >= 11 is 0. The van der Waals surface area contributed by atoms with Gasteiger partial charge in [0.2, 0.25) is 0 Å². The van der Waals surface area contributed by atoms with Crippen LogP contribution in [0.3, 0.4) is 0 Å². The van der Waals surface area contributed by atoms with Crippen molar-refractivity contribution in [1.82, 2.24) is 5.32 Å². The Balaban J connectivity index is 1.79. The van der Waals surface area contributed by atoms with Crippen molar-refractivity contribution in [2.75, 3.05) is 13.2 Å². The van der Waals surface area contributed by atoms with Gasteiger partial charge in [-0.1, -0.05) is 0 Å². The molecule has 0 aromatic heterocycles. The minimum atomic E-state index is -0.277. The topological polar surface area (TPSA) is 41.5 Å².